The zero-order valence-corrected chi connectivity index (χ0v) is 24.4. The van der Waals surface area contributed by atoms with Crippen LogP contribution in [0.25, 0.3) is 0 Å². The zero-order valence-electron chi connectivity index (χ0n) is 24.4. The molecule has 0 N–H and O–H groups in total. The second-order valence-electron chi connectivity index (χ2n) is 12.3. The molecule has 0 aliphatic rings. The first-order valence-electron chi connectivity index (χ1n) is 14.4. The summed E-state index contributed by atoms with van der Waals surface area (Å²) >= 11 is 0. The van der Waals surface area contributed by atoms with E-state index in [0.29, 0.717) is 0 Å². The van der Waals surface area contributed by atoms with Gasteiger partial charge in [0, 0.05) is 16.2 Å². The zero-order chi connectivity index (χ0) is 27.3. The van der Waals surface area contributed by atoms with Crippen molar-refractivity contribution in [1.29, 1.82) is 0 Å². The molecule has 0 aromatic heterocycles. The van der Waals surface area contributed by atoms with E-state index < -0.39 is 0 Å². The van der Waals surface area contributed by atoms with E-state index in [1.165, 1.54) is 22.3 Å². The molecule has 0 fully saturated rings. The minimum atomic E-state index is -0.0216. The van der Waals surface area contributed by atoms with E-state index in [9.17, 15) is 0 Å². The lowest BCUT2D eigenvalue weighted by molar-refractivity contribution is 0.196. The maximum absolute atomic E-state index is 2.51. The number of hydrogen-bond acceptors (Lipinski definition) is 0. The quantitative estimate of drug-likeness (QED) is 0.191. The SMILES string of the molecule is CCC(C)(c1ccccc1)C(C)(CCCC(C)(c1ccccc1)C(C)(C)c1ccccc1)c1ccccc1. The third-order valence-corrected chi connectivity index (χ3v) is 10.4. The molecular formula is C38H46. The second kappa shape index (κ2) is 11.3. The smallest absolute Gasteiger partial charge is 0.00188 e. The fraction of sp³-hybridized carbons (Fsp3) is 0.368. The first-order chi connectivity index (χ1) is 18.2. The third kappa shape index (κ3) is 4.98. The van der Waals surface area contributed by atoms with Gasteiger partial charge in [-0.3, -0.25) is 0 Å². The lowest BCUT2D eigenvalue weighted by Gasteiger charge is -2.50. The molecule has 4 aromatic carbocycles. The molecule has 0 amide bonds. The second-order valence-corrected chi connectivity index (χ2v) is 12.3. The van der Waals surface area contributed by atoms with Crippen LogP contribution in [0.4, 0.5) is 0 Å². The number of hydrogen-bond donors (Lipinski definition) is 0. The van der Waals surface area contributed by atoms with Crippen molar-refractivity contribution >= 4 is 0 Å². The first kappa shape index (κ1) is 27.9. The molecule has 0 aliphatic heterocycles. The van der Waals surface area contributed by atoms with Crippen molar-refractivity contribution in [2.24, 2.45) is 0 Å². The van der Waals surface area contributed by atoms with Crippen LogP contribution in [-0.2, 0) is 21.7 Å². The number of rotatable bonds is 11. The Bertz CT molecular complexity index is 1260. The van der Waals surface area contributed by atoms with Gasteiger partial charge in [-0.15, -0.1) is 0 Å². The molecule has 4 rings (SSSR count). The van der Waals surface area contributed by atoms with E-state index in [-0.39, 0.29) is 21.7 Å². The standard InChI is InChI=1S/C38H46/c1-7-36(4,32-23-14-9-15-24-32)38(6,34-27-18-11-19-28-34)30-20-29-37(5,33-25-16-10-17-26-33)35(2,3)31-21-12-8-13-22-31/h8-19,21-28H,7,20,29-30H2,1-6H3. The van der Waals surface area contributed by atoms with E-state index in [2.05, 4.69) is 163 Å². The van der Waals surface area contributed by atoms with Crippen molar-refractivity contribution in [1.82, 2.24) is 0 Å². The summed E-state index contributed by atoms with van der Waals surface area (Å²) in [6.07, 6.45) is 4.49. The van der Waals surface area contributed by atoms with E-state index in [1.54, 1.807) is 0 Å². The van der Waals surface area contributed by atoms with Crippen molar-refractivity contribution in [3.05, 3.63) is 144 Å². The van der Waals surface area contributed by atoms with Gasteiger partial charge in [0.05, 0.1) is 0 Å². The Hall–Kier alpha value is -3.12. The van der Waals surface area contributed by atoms with E-state index in [0.717, 1.165) is 25.7 Å². The fourth-order valence-electron chi connectivity index (χ4n) is 6.86. The highest BCUT2D eigenvalue weighted by molar-refractivity contribution is 5.39. The maximum atomic E-state index is 2.51. The van der Waals surface area contributed by atoms with Crippen molar-refractivity contribution in [2.75, 3.05) is 0 Å². The summed E-state index contributed by atoms with van der Waals surface area (Å²) in [6.45, 7) is 14.7. The summed E-state index contributed by atoms with van der Waals surface area (Å²) in [5, 5.41) is 0. The Balaban J connectivity index is 1.73. The van der Waals surface area contributed by atoms with Gasteiger partial charge < -0.3 is 0 Å². The summed E-state index contributed by atoms with van der Waals surface area (Å²) in [4.78, 5) is 0. The third-order valence-electron chi connectivity index (χ3n) is 10.4. The first-order valence-corrected chi connectivity index (χ1v) is 14.4. The summed E-state index contributed by atoms with van der Waals surface area (Å²) in [7, 11) is 0. The molecule has 4 aromatic rings. The van der Waals surface area contributed by atoms with Crippen LogP contribution in [0.1, 0.15) is 89.5 Å². The average Bonchev–Trinajstić information content (AvgIpc) is 2.98. The minimum absolute atomic E-state index is 0.00114. The molecule has 0 heterocycles. The Labute approximate surface area is 232 Å². The Morgan fingerprint density at radius 3 is 1.11 bits per heavy atom. The van der Waals surface area contributed by atoms with Gasteiger partial charge in [0.1, 0.15) is 0 Å². The largest absolute Gasteiger partial charge is 0.0645 e. The predicted molar refractivity (Wildman–Crippen MR) is 165 cm³/mol. The molecule has 38 heavy (non-hydrogen) atoms. The van der Waals surface area contributed by atoms with Gasteiger partial charge in [-0.2, -0.15) is 0 Å². The van der Waals surface area contributed by atoms with Crippen LogP contribution in [0, 0.1) is 0 Å². The van der Waals surface area contributed by atoms with Crippen molar-refractivity contribution < 1.29 is 0 Å². The Kier molecular flexibility index (Phi) is 8.31. The fourth-order valence-corrected chi connectivity index (χ4v) is 6.86. The van der Waals surface area contributed by atoms with Crippen LogP contribution in [-0.4, -0.2) is 0 Å². The van der Waals surface area contributed by atoms with E-state index >= 15 is 0 Å². The Morgan fingerprint density at radius 1 is 0.395 bits per heavy atom. The molecule has 0 nitrogen and oxygen atoms in total. The molecular weight excluding hydrogens is 456 g/mol. The molecule has 3 unspecified atom stereocenters. The van der Waals surface area contributed by atoms with Gasteiger partial charge in [-0.05, 0) is 46.9 Å². The summed E-state index contributed by atoms with van der Waals surface area (Å²) in [5.41, 5.74) is 5.69. The van der Waals surface area contributed by atoms with Crippen LogP contribution in [0.3, 0.4) is 0 Å². The molecule has 0 saturated heterocycles. The molecule has 3 atom stereocenters. The van der Waals surface area contributed by atoms with Crippen LogP contribution < -0.4 is 0 Å². The molecule has 0 radical (unpaired) electrons. The molecule has 0 saturated carbocycles. The van der Waals surface area contributed by atoms with Crippen LogP contribution in [0.15, 0.2) is 121 Å². The molecule has 0 heteroatoms. The maximum Gasteiger partial charge on any atom is 0.00188 e. The molecule has 0 bridgehead atoms. The van der Waals surface area contributed by atoms with E-state index in [1.807, 2.05) is 0 Å². The topological polar surface area (TPSA) is 0 Å². The highest BCUT2D eigenvalue weighted by atomic mass is 14.5. The molecule has 0 aliphatic carbocycles. The highest BCUT2D eigenvalue weighted by Crippen LogP contribution is 2.52. The Morgan fingerprint density at radius 2 is 0.711 bits per heavy atom. The van der Waals surface area contributed by atoms with Crippen LogP contribution >= 0.6 is 0 Å². The number of benzene rings is 4. The van der Waals surface area contributed by atoms with Crippen molar-refractivity contribution in [2.45, 2.75) is 88.9 Å². The van der Waals surface area contributed by atoms with E-state index in [4.69, 9.17) is 0 Å². The molecule has 198 valence electrons. The van der Waals surface area contributed by atoms with Gasteiger partial charge in [-0.25, -0.2) is 0 Å². The predicted octanol–water partition coefficient (Wildman–Crippen LogP) is 10.4. The van der Waals surface area contributed by atoms with Gasteiger partial charge in [0.25, 0.3) is 0 Å². The monoisotopic (exact) mass is 502 g/mol. The summed E-state index contributed by atoms with van der Waals surface area (Å²) in [5.74, 6) is 0. The summed E-state index contributed by atoms with van der Waals surface area (Å²) < 4.78 is 0. The van der Waals surface area contributed by atoms with Crippen molar-refractivity contribution in [3.63, 3.8) is 0 Å². The average molecular weight is 503 g/mol. The van der Waals surface area contributed by atoms with Crippen LogP contribution in [0.2, 0.25) is 0 Å². The highest BCUT2D eigenvalue weighted by Gasteiger charge is 2.47. The van der Waals surface area contributed by atoms with Crippen molar-refractivity contribution in [3.8, 4) is 0 Å². The van der Waals surface area contributed by atoms with Gasteiger partial charge in [0.15, 0.2) is 0 Å². The van der Waals surface area contributed by atoms with Gasteiger partial charge in [0.2, 0.25) is 0 Å². The minimum Gasteiger partial charge on any atom is -0.0645 e. The van der Waals surface area contributed by atoms with Gasteiger partial charge >= 0.3 is 0 Å². The normalized spacial score (nSPS) is 16.7. The summed E-state index contributed by atoms with van der Waals surface area (Å²) in [6, 6.07) is 44.8. The molecule has 0 spiro atoms. The van der Waals surface area contributed by atoms with Gasteiger partial charge in [-0.1, -0.05) is 169 Å². The van der Waals surface area contributed by atoms with Crippen LogP contribution in [0.5, 0.6) is 0 Å². The lowest BCUT2D eigenvalue weighted by Crippen LogP contribution is -2.46. The lowest BCUT2D eigenvalue weighted by atomic mass is 9.54.